The van der Waals surface area contributed by atoms with Gasteiger partial charge in [0, 0.05) is 13.0 Å². The fourth-order valence-electron chi connectivity index (χ4n) is 2.92. The molecule has 1 aliphatic rings. The van der Waals surface area contributed by atoms with Gasteiger partial charge in [-0.2, -0.15) is 0 Å². The van der Waals surface area contributed by atoms with Crippen molar-refractivity contribution in [2.24, 2.45) is 0 Å². The van der Waals surface area contributed by atoms with Crippen molar-refractivity contribution in [2.75, 3.05) is 6.54 Å². The molecule has 0 saturated carbocycles. The molecule has 0 aliphatic carbocycles. The van der Waals surface area contributed by atoms with Crippen molar-refractivity contribution in [2.45, 2.75) is 25.3 Å². The predicted molar refractivity (Wildman–Crippen MR) is 80.3 cm³/mol. The zero-order chi connectivity index (χ0) is 13.8. The summed E-state index contributed by atoms with van der Waals surface area (Å²) < 4.78 is 0. The predicted octanol–water partition coefficient (Wildman–Crippen LogP) is 3.59. The molecule has 0 N–H and O–H groups in total. The van der Waals surface area contributed by atoms with Crippen LogP contribution in [0.2, 0.25) is 0 Å². The number of nitrogens with zero attached hydrogens (tertiary/aromatic N) is 1. The van der Waals surface area contributed by atoms with E-state index in [4.69, 9.17) is 0 Å². The first kappa shape index (κ1) is 12.9. The third-order valence-corrected chi connectivity index (χ3v) is 3.94. The maximum absolute atomic E-state index is 12.1. The molecule has 1 saturated heterocycles. The van der Waals surface area contributed by atoms with Crippen LogP contribution in [0.5, 0.6) is 0 Å². The maximum Gasteiger partial charge on any atom is 0.223 e. The Bertz CT molecular complexity index is 564. The zero-order valence-corrected chi connectivity index (χ0v) is 11.5. The van der Waals surface area contributed by atoms with E-state index in [-0.39, 0.29) is 11.9 Å². The maximum atomic E-state index is 12.1. The quantitative estimate of drug-likeness (QED) is 0.827. The minimum absolute atomic E-state index is 0.161. The van der Waals surface area contributed by atoms with Crippen molar-refractivity contribution in [1.29, 1.82) is 0 Å². The lowest BCUT2D eigenvalue weighted by atomic mass is 9.97. The molecule has 2 aromatic rings. The second kappa shape index (κ2) is 5.91. The Hall–Kier alpha value is -2.09. The Morgan fingerprint density at radius 3 is 2.20 bits per heavy atom. The fourth-order valence-corrected chi connectivity index (χ4v) is 2.92. The van der Waals surface area contributed by atoms with E-state index in [2.05, 4.69) is 36.4 Å². The highest BCUT2D eigenvalue weighted by atomic mass is 16.2. The molecule has 20 heavy (non-hydrogen) atoms. The highest BCUT2D eigenvalue weighted by Crippen LogP contribution is 2.29. The molecule has 0 spiro atoms. The van der Waals surface area contributed by atoms with Crippen molar-refractivity contribution in [1.82, 2.24) is 4.90 Å². The van der Waals surface area contributed by atoms with E-state index in [1.165, 1.54) is 11.1 Å². The molecule has 0 unspecified atom stereocenters. The Balaban J connectivity index is 1.89. The van der Waals surface area contributed by atoms with Crippen molar-refractivity contribution in [3.05, 3.63) is 71.8 Å². The van der Waals surface area contributed by atoms with Gasteiger partial charge in [-0.3, -0.25) is 4.79 Å². The number of benzene rings is 2. The summed E-state index contributed by atoms with van der Waals surface area (Å²) in [6.07, 6.45) is 2.56. The smallest absolute Gasteiger partial charge is 0.223 e. The van der Waals surface area contributed by atoms with Gasteiger partial charge in [-0.15, -0.1) is 0 Å². The monoisotopic (exact) mass is 265 g/mol. The van der Waals surface area contributed by atoms with Crippen molar-refractivity contribution in [3.63, 3.8) is 0 Å². The number of carbonyl (C=O) groups is 1. The first-order valence-corrected chi connectivity index (χ1v) is 7.23. The number of hydrogen-bond donors (Lipinski definition) is 0. The van der Waals surface area contributed by atoms with Gasteiger partial charge in [-0.25, -0.2) is 0 Å². The molecule has 1 atom stereocenters. The third kappa shape index (κ3) is 2.74. The van der Waals surface area contributed by atoms with E-state index < -0.39 is 0 Å². The van der Waals surface area contributed by atoms with Gasteiger partial charge in [0.1, 0.15) is 0 Å². The number of likely N-dealkylation sites (tertiary alicyclic amines) is 1. The molecule has 2 aromatic carbocycles. The Kier molecular flexibility index (Phi) is 3.82. The minimum atomic E-state index is 0.161. The van der Waals surface area contributed by atoms with Crippen LogP contribution in [0.4, 0.5) is 0 Å². The summed E-state index contributed by atoms with van der Waals surface area (Å²) in [5.74, 6) is 0.287. The SMILES string of the molecule is O=C1CCCN1[C@@H](Cc1ccccc1)c1ccccc1. The molecule has 0 aromatic heterocycles. The molecule has 102 valence electrons. The second-order valence-corrected chi connectivity index (χ2v) is 5.31. The first-order chi connectivity index (χ1) is 9.84. The Morgan fingerprint density at radius 2 is 1.60 bits per heavy atom. The van der Waals surface area contributed by atoms with E-state index in [0.29, 0.717) is 6.42 Å². The summed E-state index contributed by atoms with van der Waals surface area (Å²) in [7, 11) is 0. The standard InChI is InChI=1S/C18H19NO/c20-18-12-7-13-19(18)17(16-10-5-2-6-11-16)14-15-8-3-1-4-9-15/h1-6,8-11,17H,7,12-14H2/t17-/m0/s1. The zero-order valence-electron chi connectivity index (χ0n) is 11.5. The van der Waals surface area contributed by atoms with Gasteiger partial charge in [-0.05, 0) is 24.0 Å². The van der Waals surface area contributed by atoms with Gasteiger partial charge < -0.3 is 4.90 Å². The normalized spacial score (nSPS) is 16.4. The number of hydrogen-bond acceptors (Lipinski definition) is 1. The van der Waals surface area contributed by atoms with Crippen LogP contribution in [0.1, 0.15) is 30.0 Å². The summed E-state index contributed by atoms with van der Waals surface area (Å²) >= 11 is 0. The lowest BCUT2D eigenvalue weighted by molar-refractivity contribution is -0.129. The molecule has 1 aliphatic heterocycles. The van der Waals surface area contributed by atoms with Gasteiger partial charge >= 0.3 is 0 Å². The average Bonchev–Trinajstić information content (AvgIpc) is 2.93. The third-order valence-electron chi connectivity index (χ3n) is 3.94. The van der Waals surface area contributed by atoms with Gasteiger partial charge in [0.05, 0.1) is 6.04 Å². The largest absolute Gasteiger partial charge is 0.335 e. The molecule has 0 bridgehead atoms. The molecule has 0 radical (unpaired) electrons. The van der Waals surface area contributed by atoms with Crippen LogP contribution in [0, 0.1) is 0 Å². The summed E-state index contributed by atoms with van der Waals surface area (Å²) in [6, 6.07) is 20.9. The van der Waals surface area contributed by atoms with Crippen molar-refractivity contribution >= 4 is 5.91 Å². The number of rotatable bonds is 4. The molecule has 3 rings (SSSR count). The lowest BCUT2D eigenvalue weighted by Gasteiger charge is -2.28. The van der Waals surface area contributed by atoms with E-state index in [9.17, 15) is 4.79 Å². The van der Waals surface area contributed by atoms with E-state index in [0.717, 1.165) is 19.4 Å². The van der Waals surface area contributed by atoms with E-state index in [1.54, 1.807) is 0 Å². The fraction of sp³-hybridized carbons (Fsp3) is 0.278. The minimum Gasteiger partial charge on any atom is -0.335 e. The van der Waals surface area contributed by atoms with Crippen LogP contribution in [0.3, 0.4) is 0 Å². The second-order valence-electron chi connectivity index (χ2n) is 5.31. The van der Waals surface area contributed by atoms with Crippen LogP contribution >= 0.6 is 0 Å². The topological polar surface area (TPSA) is 20.3 Å². The van der Waals surface area contributed by atoms with Gasteiger partial charge in [0.25, 0.3) is 0 Å². The van der Waals surface area contributed by atoms with Crippen LogP contribution in [-0.2, 0) is 11.2 Å². The molecule has 1 amide bonds. The van der Waals surface area contributed by atoms with Crippen LogP contribution in [0.15, 0.2) is 60.7 Å². The highest BCUT2D eigenvalue weighted by molar-refractivity contribution is 5.78. The summed E-state index contributed by atoms with van der Waals surface area (Å²) in [5.41, 5.74) is 2.51. The molecule has 1 heterocycles. The molecular weight excluding hydrogens is 246 g/mol. The average molecular weight is 265 g/mol. The summed E-state index contributed by atoms with van der Waals surface area (Å²) in [6.45, 7) is 0.880. The molecular formula is C18H19NO. The first-order valence-electron chi connectivity index (χ1n) is 7.23. The Labute approximate surface area is 120 Å². The van der Waals surface area contributed by atoms with Crippen LogP contribution in [0.25, 0.3) is 0 Å². The molecule has 2 nitrogen and oxygen atoms in total. The van der Waals surface area contributed by atoms with Crippen LogP contribution < -0.4 is 0 Å². The van der Waals surface area contributed by atoms with Crippen LogP contribution in [-0.4, -0.2) is 17.4 Å². The van der Waals surface area contributed by atoms with Crippen molar-refractivity contribution < 1.29 is 4.79 Å². The van der Waals surface area contributed by atoms with E-state index >= 15 is 0 Å². The lowest BCUT2D eigenvalue weighted by Crippen LogP contribution is -2.31. The number of amides is 1. The van der Waals surface area contributed by atoms with Gasteiger partial charge in [-0.1, -0.05) is 60.7 Å². The number of carbonyl (C=O) groups excluding carboxylic acids is 1. The van der Waals surface area contributed by atoms with Gasteiger partial charge in [0.15, 0.2) is 0 Å². The summed E-state index contributed by atoms with van der Waals surface area (Å²) in [4.78, 5) is 14.1. The highest BCUT2D eigenvalue weighted by Gasteiger charge is 2.28. The molecule has 1 fully saturated rings. The van der Waals surface area contributed by atoms with Gasteiger partial charge in [0.2, 0.25) is 5.91 Å². The summed E-state index contributed by atoms with van der Waals surface area (Å²) in [5, 5.41) is 0. The van der Waals surface area contributed by atoms with E-state index in [1.807, 2.05) is 29.2 Å². The van der Waals surface area contributed by atoms with Crippen molar-refractivity contribution in [3.8, 4) is 0 Å². The Morgan fingerprint density at radius 1 is 0.950 bits per heavy atom. The molecule has 2 heteroatoms.